The highest BCUT2D eigenvalue weighted by Crippen LogP contribution is 2.32. The van der Waals surface area contributed by atoms with Crippen molar-refractivity contribution in [1.82, 2.24) is 0 Å². The van der Waals surface area contributed by atoms with Crippen molar-refractivity contribution < 1.29 is 18.7 Å². The first kappa shape index (κ1) is 11.9. The Morgan fingerprint density at radius 3 is 2.67 bits per heavy atom. The van der Waals surface area contributed by atoms with E-state index in [9.17, 15) is 18.7 Å². The third-order valence-corrected chi connectivity index (χ3v) is 2.08. The number of benzene rings is 1. The molecule has 1 aromatic rings. The van der Waals surface area contributed by atoms with E-state index < -0.39 is 33.8 Å². The molecule has 0 aliphatic heterocycles. The summed E-state index contributed by atoms with van der Waals surface area (Å²) in [6.45, 7) is -0.0220. The van der Waals surface area contributed by atoms with E-state index in [0.717, 1.165) is 0 Å². The zero-order valence-corrected chi connectivity index (χ0v) is 8.31. The van der Waals surface area contributed by atoms with Crippen LogP contribution in [0.2, 0.25) is 5.02 Å². The van der Waals surface area contributed by atoms with Gasteiger partial charge in [-0.3, -0.25) is 4.79 Å². The molecule has 0 amide bonds. The Morgan fingerprint density at radius 2 is 2.13 bits per heavy atom. The van der Waals surface area contributed by atoms with Gasteiger partial charge >= 0.3 is 0 Å². The molecule has 3 N–H and O–H groups in total. The molecule has 0 fully saturated rings. The Bertz CT molecular complexity index is 383. The van der Waals surface area contributed by atoms with Crippen LogP contribution in [0.3, 0.4) is 0 Å². The molecule has 0 heterocycles. The molecule has 0 radical (unpaired) electrons. The Kier molecular flexibility index (Phi) is 3.60. The maximum Gasteiger partial charge on any atom is 0.173 e. The van der Waals surface area contributed by atoms with Crippen molar-refractivity contribution in [1.29, 1.82) is 0 Å². The normalized spacial score (nSPS) is 10.4. The van der Waals surface area contributed by atoms with Crippen LogP contribution < -0.4 is 5.73 Å². The molecule has 0 spiro atoms. The average molecular weight is 236 g/mol. The van der Waals surface area contributed by atoms with Crippen molar-refractivity contribution in [2.75, 3.05) is 6.54 Å². The van der Waals surface area contributed by atoms with Gasteiger partial charge in [-0.05, 0) is 12.6 Å². The predicted molar refractivity (Wildman–Crippen MR) is 51.0 cm³/mol. The van der Waals surface area contributed by atoms with Gasteiger partial charge in [0, 0.05) is 6.42 Å². The number of phenols is 1. The van der Waals surface area contributed by atoms with Gasteiger partial charge in [-0.1, -0.05) is 11.6 Å². The molecule has 0 aliphatic rings. The molecule has 15 heavy (non-hydrogen) atoms. The van der Waals surface area contributed by atoms with Crippen molar-refractivity contribution in [2.24, 2.45) is 5.73 Å². The molecular formula is C9H8ClF2NO2. The third kappa shape index (κ3) is 2.24. The predicted octanol–water partition coefficient (Wildman–Crippen LogP) is 1.86. The van der Waals surface area contributed by atoms with Gasteiger partial charge in [0.1, 0.15) is 5.75 Å². The summed E-state index contributed by atoms with van der Waals surface area (Å²) < 4.78 is 26.0. The number of hydrogen-bond acceptors (Lipinski definition) is 3. The van der Waals surface area contributed by atoms with Gasteiger partial charge in [0.25, 0.3) is 0 Å². The largest absolute Gasteiger partial charge is 0.506 e. The Hall–Kier alpha value is -1.20. The average Bonchev–Trinajstić information content (AvgIpc) is 2.16. The summed E-state index contributed by atoms with van der Waals surface area (Å²) in [4.78, 5) is 11.3. The summed E-state index contributed by atoms with van der Waals surface area (Å²) in [6.07, 6.45) is -0.190. The van der Waals surface area contributed by atoms with E-state index in [2.05, 4.69) is 0 Å². The lowest BCUT2D eigenvalue weighted by Crippen LogP contribution is -2.11. The van der Waals surface area contributed by atoms with E-state index in [1.807, 2.05) is 0 Å². The molecule has 82 valence electrons. The quantitative estimate of drug-likeness (QED) is 0.621. The second-order valence-corrected chi connectivity index (χ2v) is 3.25. The fraction of sp³-hybridized carbons (Fsp3) is 0.222. The zero-order valence-electron chi connectivity index (χ0n) is 7.56. The Labute approximate surface area is 89.5 Å². The molecule has 0 bridgehead atoms. The van der Waals surface area contributed by atoms with Gasteiger partial charge in [-0.25, -0.2) is 8.78 Å². The van der Waals surface area contributed by atoms with Gasteiger partial charge in [-0.2, -0.15) is 0 Å². The topological polar surface area (TPSA) is 63.3 Å². The Morgan fingerprint density at radius 1 is 1.53 bits per heavy atom. The van der Waals surface area contributed by atoms with Gasteiger partial charge in [-0.15, -0.1) is 0 Å². The van der Waals surface area contributed by atoms with E-state index in [1.165, 1.54) is 0 Å². The monoisotopic (exact) mass is 235 g/mol. The maximum atomic E-state index is 13.2. The summed E-state index contributed by atoms with van der Waals surface area (Å²) in [5.41, 5.74) is 4.35. The van der Waals surface area contributed by atoms with Crippen molar-refractivity contribution in [3.05, 3.63) is 28.3 Å². The SMILES string of the molecule is NCCC(=O)c1c(O)c(Cl)cc(F)c1F. The lowest BCUT2D eigenvalue weighted by Gasteiger charge is -2.06. The number of halogens is 3. The lowest BCUT2D eigenvalue weighted by molar-refractivity contribution is 0.0977. The fourth-order valence-electron chi connectivity index (χ4n) is 1.10. The van der Waals surface area contributed by atoms with Crippen molar-refractivity contribution in [3.63, 3.8) is 0 Å². The number of rotatable bonds is 3. The first-order chi connectivity index (χ1) is 6.99. The summed E-state index contributed by atoms with van der Waals surface area (Å²) in [7, 11) is 0. The van der Waals surface area contributed by atoms with Crippen molar-refractivity contribution in [2.45, 2.75) is 6.42 Å². The van der Waals surface area contributed by atoms with Crippen LogP contribution in [-0.4, -0.2) is 17.4 Å². The van der Waals surface area contributed by atoms with E-state index in [-0.39, 0.29) is 13.0 Å². The third-order valence-electron chi connectivity index (χ3n) is 1.80. The standard InChI is InChI=1S/C9H8ClF2NO2/c10-4-3-5(11)8(12)7(9(4)15)6(14)1-2-13/h3,15H,1-2,13H2. The highest BCUT2D eigenvalue weighted by Gasteiger charge is 2.22. The van der Waals surface area contributed by atoms with Crippen LogP contribution in [0, 0.1) is 11.6 Å². The van der Waals surface area contributed by atoms with E-state index in [0.29, 0.717) is 6.07 Å². The molecule has 0 saturated heterocycles. The minimum atomic E-state index is -1.41. The molecule has 3 nitrogen and oxygen atoms in total. The first-order valence-electron chi connectivity index (χ1n) is 4.08. The summed E-state index contributed by atoms with van der Waals surface area (Å²) in [6, 6.07) is 0.603. The summed E-state index contributed by atoms with van der Waals surface area (Å²) >= 11 is 5.40. The molecule has 0 unspecified atom stereocenters. The number of nitrogens with two attached hydrogens (primary N) is 1. The van der Waals surface area contributed by atoms with Crippen LogP contribution in [0.4, 0.5) is 8.78 Å². The number of Topliss-reactive ketones (excluding diaryl/α,β-unsaturated/α-hetero) is 1. The molecule has 1 rings (SSSR count). The highest BCUT2D eigenvalue weighted by molar-refractivity contribution is 6.32. The number of aromatic hydroxyl groups is 1. The second kappa shape index (κ2) is 4.55. The van der Waals surface area contributed by atoms with Crippen LogP contribution in [0.15, 0.2) is 6.07 Å². The van der Waals surface area contributed by atoms with E-state index >= 15 is 0 Å². The smallest absolute Gasteiger partial charge is 0.173 e. The number of ketones is 1. The lowest BCUT2D eigenvalue weighted by atomic mass is 10.1. The summed E-state index contributed by atoms with van der Waals surface area (Å²) in [5, 5.41) is 8.89. The van der Waals surface area contributed by atoms with E-state index in [1.54, 1.807) is 0 Å². The van der Waals surface area contributed by atoms with Gasteiger partial charge < -0.3 is 10.8 Å². The molecule has 0 atom stereocenters. The number of hydrogen-bond donors (Lipinski definition) is 2. The number of carbonyl (C=O) groups excluding carboxylic acids is 1. The molecule has 1 aromatic carbocycles. The number of phenolic OH excluding ortho intramolecular Hbond substituents is 1. The molecule has 0 saturated carbocycles. The summed E-state index contributed by atoms with van der Waals surface area (Å²) in [5.74, 6) is -4.23. The fourth-order valence-corrected chi connectivity index (χ4v) is 1.29. The van der Waals surface area contributed by atoms with Crippen LogP contribution in [0.25, 0.3) is 0 Å². The van der Waals surface area contributed by atoms with Crippen LogP contribution in [0.5, 0.6) is 5.75 Å². The van der Waals surface area contributed by atoms with Crippen molar-refractivity contribution in [3.8, 4) is 5.75 Å². The van der Waals surface area contributed by atoms with Gasteiger partial charge in [0.15, 0.2) is 17.4 Å². The molecule has 0 aromatic heterocycles. The molecule has 6 heteroatoms. The molecule has 0 aliphatic carbocycles. The molecular weight excluding hydrogens is 228 g/mol. The van der Waals surface area contributed by atoms with Gasteiger partial charge in [0.2, 0.25) is 0 Å². The van der Waals surface area contributed by atoms with E-state index in [4.69, 9.17) is 17.3 Å². The minimum Gasteiger partial charge on any atom is -0.506 e. The minimum absolute atomic E-state index is 0.0220. The Balaban J connectivity index is 3.32. The van der Waals surface area contributed by atoms with Crippen LogP contribution >= 0.6 is 11.6 Å². The highest BCUT2D eigenvalue weighted by atomic mass is 35.5. The second-order valence-electron chi connectivity index (χ2n) is 2.84. The van der Waals surface area contributed by atoms with Crippen molar-refractivity contribution >= 4 is 17.4 Å². The first-order valence-corrected chi connectivity index (χ1v) is 4.46. The van der Waals surface area contributed by atoms with Gasteiger partial charge in [0.05, 0.1) is 10.6 Å². The number of carbonyl (C=O) groups is 1. The maximum absolute atomic E-state index is 13.2. The van der Waals surface area contributed by atoms with Crippen LogP contribution in [0.1, 0.15) is 16.8 Å². The van der Waals surface area contributed by atoms with Crippen LogP contribution in [-0.2, 0) is 0 Å². The zero-order chi connectivity index (χ0) is 11.6.